The molecule has 0 aromatic heterocycles. The highest BCUT2D eigenvalue weighted by Gasteiger charge is 2.26. The highest BCUT2D eigenvalue weighted by Crippen LogP contribution is 2.38. The van der Waals surface area contributed by atoms with E-state index in [0.717, 1.165) is 5.92 Å². The van der Waals surface area contributed by atoms with E-state index in [9.17, 15) is 0 Å². The summed E-state index contributed by atoms with van der Waals surface area (Å²) in [7, 11) is 0. The van der Waals surface area contributed by atoms with Crippen LogP contribution in [0.25, 0.3) is 0 Å². The predicted molar refractivity (Wildman–Crippen MR) is 128 cm³/mol. The predicted octanol–water partition coefficient (Wildman–Crippen LogP) is 9.27. The maximum absolute atomic E-state index is 2.49. The Kier molecular flexibility index (Phi) is 16.4. The zero-order chi connectivity index (χ0) is 18.6. The number of rotatable bonds is 12. The van der Waals surface area contributed by atoms with Crippen molar-refractivity contribution >= 4 is 24.0 Å². The van der Waals surface area contributed by atoms with Crippen LogP contribution in [0.2, 0.25) is 0 Å². The maximum Gasteiger partial charge on any atom is -0.0288 e. The first-order chi connectivity index (χ1) is 11.2. The smallest absolute Gasteiger partial charge is 0.0288 e. The van der Waals surface area contributed by atoms with Crippen molar-refractivity contribution in [3.63, 3.8) is 0 Å². The van der Waals surface area contributed by atoms with Gasteiger partial charge in [-0.15, -0.1) is 24.0 Å². The second-order valence-corrected chi connectivity index (χ2v) is 8.32. The lowest BCUT2D eigenvalue weighted by atomic mass is 9.71. The van der Waals surface area contributed by atoms with Crippen molar-refractivity contribution in [2.45, 2.75) is 107 Å². The lowest BCUT2D eigenvalue weighted by molar-refractivity contribution is 0.172. The second kappa shape index (κ2) is 15.1. The van der Waals surface area contributed by atoms with E-state index < -0.39 is 0 Å². The molecule has 1 heteroatoms. The van der Waals surface area contributed by atoms with Crippen LogP contribution in [0, 0.1) is 11.3 Å². The van der Waals surface area contributed by atoms with Crippen molar-refractivity contribution in [3.05, 3.63) is 34.9 Å². The van der Waals surface area contributed by atoms with Crippen molar-refractivity contribution < 1.29 is 0 Å². The number of allylic oxidation sites excluding steroid dienone is 6. The Morgan fingerprint density at radius 1 is 0.840 bits per heavy atom. The molecule has 0 heterocycles. The van der Waals surface area contributed by atoms with E-state index in [1.54, 1.807) is 5.57 Å². The van der Waals surface area contributed by atoms with Gasteiger partial charge in [-0.05, 0) is 77.6 Å². The average molecular weight is 461 g/mol. The molecule has 0 aromatic carbocycles. The molecule has 2 atom stereocenters. The molecule has 0 aliphatic rings. The van der Waals surface area contributed by atoms with E-state index in [2.05, 4.69) is 73.6 Å². The topological polar surface area (TPSA) is 0 Å². The Balaban J connectivity index is 0. The van der Waals surface area contributed by atoms with Crippen molar-refractivity contribution in [2.75, 3.05) is 0 Å². The molecule has 0 unspecified atom stereocenters. The van der Waals surface area contributed by atoms with Crippen LogP contribution in [-0.4, -0.2) is 0 Å². The van der Waals surface area contributed by atoms with Gasteiger partial charge in [-0.2, -0.15) is 0 Å². The Morgan fingerprint density at radius 3 is 1.76 bits per heavy atom. The molecule has 0 bridgehead atoms. The normalized spacial score (nSPS) is 16.0. The molecule has 0 amide bonds. The van der Waals surface area contributed by atoms with E-state index in [-0.39, 0.29) is 24.0 Å². The minimum Gasteiger partial charge on any atom is -0.107 e. The van der Waals surface area contributed by atoms with E-state index in [0.29, 0.717) is 5.41 Å². The maximum atomic E-state index is 2.49. The second-order valence-electron chi connectivity index (χ2n) is 8.32. The van der Waals surface area contributed by atoms with E-state index >= 15 is 0 Å². The van der Waals surface area contributed by atoms with Gasteiger partial charge in [0.05, 0.1) is 0 Å². The molecule has 0 saturated heterocycles. The summed E-state index contributed by atoms with van der Waals surface area (Å²) in [5.41, 5.74) is 5.03. The molecule has 0 spiro atoms. The Bertz CT molecular complexity index is 423. The van der Waals surface area contributed by atoms with Crippen molar-refractivity contribution in [2.24, 2.45) is 11.3 Å². The first kappa shape index (κ1) is 27.2. The summed E-state index contributed by atoms with van der Waals surface area (Å²) in [5, 5.41) is 0. The number of halogens is 1. The zero-order valence-corrected chi connectivity index (χ0v) is 20.7. The van der Waals surface area contributed by atoms with Gasteiger partial charge in [0.1, 0.15) is 0 Å². The van der Waals surface area contributed by atoms with Crippen LogP contribution >= 0.6 is 24.0 Å². The number of hydrogen-bond donors (Lipinski definition) is 0. The molecular weight excluding hydrogens is 415 g/mol. The summed E-state index contributed by atoms with van der Waals surface area (Å²) in [4.78, 5) is 0. The van der Waals surface area contributed by atoms with E-state index in [4.69, 9.17) is 0 Å². The molecule has 25 heavy (non-hydrogen) atoms. The fraction of sp³-hybridized carbons (Fsp3) is 0.750. The van der Waals surface area contributed by atoms with Crippen LogP contribution in [0.4, 0.5) is 0 Å². The molecule has 0 rings (SSSR count). The molecule has 0 radical (unpaired) electrons. The Morgan fingerprint density at radius 2 is 1.32 bits per heavy atom. The van der Waals surface area contributed by atoms with Gasteiger partial charge in [0, 0.05) is 0 Å². The monoisotopic (exact) mass is 460 g/mol. The standard InChI is InChI=1S/C24H44.HI/c1-9-23(7)24(8,10-2)19-13-18-22(6)17-12-16-21(5)15-11-14-20(3)4;/h14,16,18,23H,9-13,15,17,19H2,1-8H3;1H/b21-16+,22-18+;/t23-,24-;/m1./s1. The summed E-state index contributed by atoms with van der Waals surface area (Å²) in [6.07, 6.45) is 17.2. The molecule has 0 saturated carbocycles. The molecule has 0 nitrogen and oxygen atoms in total. The van der Waals surface area contributed by atoms with Gasteiger partial charge >= 0.3 is 0 Å². The first-order valence-corrected chi connectivity index (χ1v) is 10.2. The minimum atomic E-state index is 0. The largest absolute Gasteiger partial charge is 0.107 e. The van der Waals surface area contributed by atoms with Gasteiger partial charge in [0.2, 0.25) is 0 Å². The van der Waals surface area contributed by atoms with Gasteiger partial charge in [0.15, 0.2) is 0 Å². The quantitative estimate of drug-likeness (QED) is 0.201. The van der Waals surface area contributed by atoms with Crippen LogP contribution in [0.1, 0.15) is 107 Å². The molecular formula is C24H45I. The van der Waals surface area contributed by atoms with Crippen molar-refractivity contribution in [3.8, 4) is 0 Å². The SMILES string of the molecule is CC[C@@H](C)[C@](C)(CC)CC/C=C(\C)CC/C=C(\C)CCC=C(C)C.I. The summed E-state index contributed by atoms with van der Waals surface area (Å²) >= 11 is 0. The van der Waals surface area contributed by atoms with Gasteiger partial charge in [-0.3, -0.25) is 0 Å². The van der Waals surface area contributed by atoms with Crippen LogP contribution in [0.5, 0.6) is 0 Å². The highest BCUT2D eigenvalue weighted by molar-refractivity contribution is 14.0. The fourth-order valence-corrected chi connectivity index (χ4v) is 3.25. The molecule has 0 aliphatic carbocycles. The summed E-state index contributed by atoms with van der Waals surface area (Å²) in [5.74, 6) is 0.822. The molecule has 0 fully saturated rings. The lowest BCUT2D eigenvalue weighted by Crippen LogP contribution is -2.23. The Labute approximate surface area is 176 Å². The Hall–Kier alpha value is -0.0500. The van der Waals surface area contributed by atoms with Crippen molar-refractivity contribution in [1.29, 1.82) is 0 Å². The molecule has 0 N–H and O–H groups in total. The number of hydrogen-bond acceptors (Lipinski definition) is 0. The van der Waals surface area contributed by atoms with E-state index in [1.807, 2.05) is 0 Å². The van der Waals surface area contributed by atoms with Gasteiger partial charge in [-0.1, -0.05) is 75.5 Å². The van der Waals surface area contributed by atoms with Crippen LogP contribution in [-0.2, 0) is 0 Å². The summed E-state index contributed by atoms with van der Waals surface area (Å²) < 4.78 is 0. The van der Waals surface area contributed by atoms with Crippen LogP contribution < -0.4 is 0 Å². The van der Waals surface area contributed by atoms with E-state index in [1.165, 1.54) is 62.5 Å². The lowest BCUT2D eigenvalue weighted by Gasteiger charge is -2.34. The van der Waals surface area contributed by atoms with Crippen LogP contribution in [0.3, 0.4) is 0 Å². The average Bonchev–Trinajstić information content (AvgIpc) is 2.53. The minimum absolute atomic E-state index is 0. The highest BCUT2D eigenvalue weighted by atomic mass is 127. The summed E-state index contributed by atoms with van der Waals surface area (Å²) in [6, 6.07) is 0. The third-order valence-corrected chi connectivity index (χ3v) is 5.94. The summed E-state index contributed by atoms with van der Waals surface area (Å²) in [6.45, 7) is 18.5. The fourth-order valence-electron chi connectivity index (χ4n) is 3.25. The van der Waals surface area contributed by atoms with Crippen molar-refractivity contribution in [1.82, 2.24) is 0 Å². The third-order valence-electron chi connectivity index (χ3n) is 5.94. The zero-order valence-electron chi connectivity index (χ0n) is 18.4. The van der Waals surface area contributed by atoms with Gasteiger partial charge in [0.25, 0.3) is 0 Å². The van der Waals surface area contributed by atoms with Crippen LogP contribution in [0.15, 0.2) is 34.9 Å². The molecule has 0 aliphatic heterocycles. The molecule has 0 aromatic rings. The first-order valence-electron chi connectivity index (χ1n) is 10.2. The third kappa shape index (κ3) is 12.9. The molecule has 148 valence electrons. The van der Waals surface area contributed by atoms with Gasteiger partial charge in [-0.25, -0.2) is 0 Å². The van der Waals surface area contributed by atoms with Gasteiger partial charge < -0.3 is 0 Å².